The van der Waals surface area contributed by atoms with Gasteiger partial charge in [0.05, 0.1) is 25.2 Å². The van der Waals surface area contributed by atoms with E-state index in [0.29, 0.717) is 18.1 Å². The van der Waals surface area contributed by atoms with Crippen LogP contribution in [0.3, 0.4) is 0 Å². The highest BCUT2D eigenvalue weighted by Crippen LogP contribution is 2.35. The topological polar surface area (TPSA) is 55.8 Å². The van der Waals surface area contributed by atoms with Gasteiger partial charge in [-0.05, 0) is 93.2 Å². The SMILES string of the molecule is COCCN1C(=O)S/C(=C/c2cc(I)c(OCc3cccc(C)c3)c(I)c2)C1=O. The third kappa shape index (κ3) is 5.74. The number of hydrogen-bond donors (Lipinski definition) is 0. The Balaban J connectivity index is 1.76. The van der Waals surface area contributed by atoms with E-state index in [9.17, 15) is 9.59 Å². The molecule has 0 spiro atoms. The predicted octanol–water partition coefficient (Wildman–Crippen LogP) is 5.47. The van der Waals surface area contributed by atoms with Gasteiger partial charge in [-0.1, -0.05) is 29.8 Å². The maximum Gasteiger partial charge on any atom is 0.293 e. The molecule has 29 heavy (non-hydrogen) atoms. The average Bonchev–Trinajstić information content (AvgIpc) is 2.92. The van der Waals surface area contributed by atoms with Crippen LogP contribution in [0.2, 0.25) is 0 Å². The monoisotopic (exact) mass is 635 g/mol. The summed E-state index contributed by atoms with van der Waals surface area (Å²) in [5.41, 5.74) is 3.18. The first kappa shape index (κ1) is 22.6. The molecule has 0 N–H and O–H groups in total. The molecule has 1 aliphatic heterocycles. The van der Waals surface area contributed by atoms with Crippen LogP contribution in [0.4, 0.5) is 4.79 Å². The number of amides is 2. The molecule has 2 aromatic rings. The molecule has 1 aliphatic rings. The standard InChI is InChI=1S/C21H19I2NO4S/c1-13-4-3-5-14(8-13)12-28-19-16(22)9-15(10-17(19)23)11-18-20(25)24(6-7-27-2)21(26)29-18/h3-5,8-11H,6-7,12H2,1-2H3/b18-11+. The van der Waals surface area contributed by atoms with Crippen LogP contribution in [0.1, 0.15) is 16.7 Å². The number of benzene rings is 2. The summed E-state index contributed by atoms with van der Waals surface area (Å²) in [6.07, 6.45) is 1.76. The first-order valence-corrected chi connectivity index (χ1v) is 11.8. The van der Waals surface area contributed by atoms with Crippen molar-refractivity contribution in [2.45, 2.75) is 13.5 Å². The van der Waals surface area contributed by atoms with Gasteiger partial charge in [0.15, 0.2) is 0 Å². The van der Waals surface area contributed by atoms with Crippen molar-refractivity contribution >= 4 is 74.2 Å². The number of aryl methyl sites for hydroxylation is 1. The molecule has 0 aliphatic carbocycles. The van der Waals surface area contributed by atoms with Crippen molar-refractivity contribution < 1.29 is 19.1 Å². The van der Waals surface area contributed by atoms with E-state index in [4.69, 9.17) is 9.47 Å². The van der Waals surface area contributed by atoms with Crippen molar-refractivity contribution in [2.24, 2.45) is 0 Å². The molecule has 2 amide bonds. The van der Waals surface area contributed by atoms with E-state index in [2.05, 4.69) is 64.2 Å². The lowest BCUT2D eigenvalue weighted by Crippen LogP contribution is -2.31. The Morgan fingerprint density at radius 3 is 2.52 bits per heavy atom. The van der Waals surface area contributed by atoms with Crippen LogP contribution in [0.15, 0.2) is 41.3 Å². The number of methoxy groups -OCH3 is 1. The van der Waals surface area contributed by atoms with Gasteiger partial charge in [-0.15, -0.1) is 0 Å². The average molecular weight is 635 g/mol. The molecule has 1 heterocycles. The van der Waals surface area contributed by atoms with Gasteiger partial charge in [0, 0.05) is 7.11 Å². The number of nitrogens with zero attached hydrogens (tertiary/aromatic N) is 1. The van der Waals surface area contributed by atoms with Gasteiger partial charge in [0.2, 0.25) is 0 Å². The first-order valence-electron chi connectivity index (χ1n) is 8.80. The minimum atomic E-state index is -0.276. The number of carbonyl (C=O) groups is 2. The van der Waals surface area contributed by atoms with E-state index in [-0.39, 0.29) is 17.7 Å². The number of carbonyl (C=O) groups excluding carboxylic acids is 2. The molecule has 0 unspecified atom stereocenters. The Labute approximate surface area is 201 Å². The number of hydrogen-bond acceptors (Lipinski definition) is 5. The summed E-state index contributed by atoms with van der Waals surface area (Å²) in [4.78, 5) is 26.2. The van der Waals surface area contributed by atoms with Crippen molar-refractivity contribution in [3.8, 4) is 5.75 Å². The van der Waals surface area contributed by atoms with E-state index in [0.717, 1.165) is 35.8 Å². The van der Waals surface area contributed by atoms with Crippen molar-refractivity contribution in [3.63, 3.8) is 0 Å². The van der Waals surface area contributed by atoms with Crippen LogP contribution in [-0.2, 0) is 16.1 Å². The van der Waals surface area contributed by atoms with Crippen LogP contribution in [0.25, 0.3) is 6.08 Å². The maximum absolute atomic E-state index is 12.5. The van der Waals surface area contributed by atoms with E-state index in [1.54, 1.807) is 13.2 Å². The van der Waals surface area contributed by atoms with Gasteiger partial charge in [-0.3, -0.25) is 14.5 Å². The number of imide groups is 1. The molecule has 1 saturated heterocycles. The largest absolute Gasteiger partial charge is 0.487 e. The minimum absolute atomic E-state index is 0.263. The van der Waals surface area contributed by atoms with Crippen molar-refractivity contribution in [1.29, 1.82) is 0 Å². The molecule has 5 nitrogen and oxygen atoms in total. The lowest BCUT2D eigenvalue weighted by atomic mass is 10.1. The van der Waals surface area contributed by atoms with E-state index in [1.165, 1.54) is 10.5 Å². The molecule has 3 rings (SSSR count). The first-order chi connectivity index (χ1) is 13.9. The van der Waals surface area contributed by atoms with Crippen LogP contribution in [0, 0.1) is 14.1 Å². The molecule has 152 valence electrons. The van der Waals surface area contributed by atoms with Gasteiger partial charge in [0.25, 0.3) is 11.1 Å². The molecular formula is C21H19I2NO4S. The van der Waals surface area contributed by atoms with Crippen molar-refractivity contribution in [3.05, 3.63) is 65.1 Å². The van der Waals surface area contributed by atoms with E-state index < -0.39 is 0 Å². The van der Waals surface area contributed by atoms with E-state index >= 15 is 0 Å². The molecule has 0 atom stereocenters. The number of rotatable bonds is 7. The summed E-state index contributed by atoms with van der Waals surface area (Å²) < 4.78 is 12.9. The zero-order valence-corrected chi connectivity index (χ0v) is 21.0. The summed E-state index contributed by atoms with van der Waals surface area (Å²) in [7, 11) is 1.54. The Hall–Kier alpha value is -1.11. The highest BCUT2D eigenvalue weighted by molar-refractivity contribution is 14.1. The summed E-state index contributed by atoms with van der Waals surface area (Å²) >= 11 is 5.43. The van der Waals surface area contributed by atoms with Gasteiger partial charge in [0.1, 0.15) is 12.4 Å². The number of ether oxygens (including phenoxy) is 2. The predicted molar refractivity (Wildman–Crippen MR) is 132 cm³/mol. The normalized spacial score (nSPS) is 15.4. The molecule has 0 saturated carbocycles. The fraction of sp³-hybridized carbons (Fsp3) is 0.238. The van der Waals surface area contributed by atoms with Crippen LogP contribution < -0.4 is 4.74 Å². The summed E-state index contributed by atoms with van der Waals surface area (Å²) in [5, 5.41) is -0.263. The van der Waals surface area contributed by atoms with Gasteiger partial charge >= 0.3 is 0 Å². The lowest BCUT2D eigenvalue weighted by molar-refractivity contribution is -0.123. The lowest BCUT2D eigenvalue weighted by Gasteiger charge is -2.12. The summed E-state index contributed by atoms with van der Waals surface area (Å²) in [6.45, 7) is 3.14. The highest BCUT2D eigenvalue weighted by Gasteiger charge is 2.34. The zero-order chi connectivity index (χ0) is 21.0. The highest BCUT2D eigenvalue weighted by atomic mass is 127. The Kier molecular flexibility index (Phi) is 7.99. The molecular weight excluding hydrogens is 616 g/mol. The van der Waals surface area contributed by atoms with Crippen molar-refractivity contribution in [2.75, 3.05) is 20.3 Å². The van der Waals surface area contributed by atoms with Crippen molar-refractivity contribution in [1.82, 2.24) is 4.90 Å². The molecule has 1 fully saturated rings. The fourth-order valence-corrected chi connectivity index (χ4v) is 5.78. The molecule has 0 aromatic heterocycles. The zero-order valence-electron chi connectivity index (χ0n) is 15.9. The van der Waals surface area contributed by atoms with Crippen LogP contribution >= 0.6 is 56.9 Å². The molecule has 0 bridgehead atoms. The second-order valence-electron chi connectivity index (χ2n) is 6.42. The maximum atomic E-state index is 12.5. The second kappa shape index (κ2) is 10.3. The summed E-state index contributed by atoms with van der Waals surface area (Å²) in [5.74, 6) is 0.542. The number of thioether (sulfide) groups is 1. The third-order valence-electron chi connectivity index (χ3n) is 4.18. The fourth-order valence-electron chi connectivity index (χ4n) is 2.78. The van der Waals surface area contributed by atoms with Gasteiger partial charge in [-0.25, -0.2) is 0 Å². The van der Waals surface area contributed by atoms with Gasteiger partial charge < -0.3 is 9.47 Å². The molecule has 8 heteroatoms. The Morgan fingerprint density at radius 2 is 1.86 bits per heavy atom. The second-order valence-corrected chi connectivity index (χ2v) is 9.74. The Morgan fingerprint density at radius 1 is 1.14 bits per heavy atom. The third-order valence-corrected chi connectivity index (χ3v) is 6.69. The van der Waals surface area contributed by atoms with Crippen LogP contribution in [0.5, 0.6) is 5.75 Å². The molecule has 0 radical (unpaired) electrons. The van der Waals surface area contributed by atoms with Crippen LogP contribution in [-0.4, -0.2) is 36.3 Å². The number of halogens is 2. The minimum Gasteiger partial charge on any atom is -0.487 e. The Bertz CT molecular complexity index is 954. The smallest absolute Gasteiger partial charge is 0.293 e. The van der Waals surface area contributed by atoms with E-state index in [1.807, 2.05) is 24.3 Å². The summed E-state index contributed by atoms with van der Waals surface area (Å²) in [6, 6.07) is 12.1. The van der Waals surface area contributed by atoms with Gasteiger partial charge in [-0.2, -0.15) is 0 Å². The quantitative estimate of drug-likeness (QED) is 0.299. The molecule has 2 aromatic carbocycles.